The van der Waals surface area contributed by atoms with Crippen LogP contribution < -0.4 is 0 Å². The maximum absolute atomic E-state index is 4.72. The predicted octanol–water partition coefficient (Wildman–Crippen LogP) is 5.01. The van der Waals surface area contributed by atoms with Crippen molar-refractivity contribution >= 4 is 27.0 Å². The van der Waals surface area contributed by atoms with Gasteiger partial charge in [0.05, 0.1) is 11.0 Å². The van der Waals surface area contributed by atoms with Gasteiger partial charge in [-0.2, -0.15) is 0 Å². The van der Waals surface area contributed by atoms with Crippen LogP contribution in [0.5, 0.6) is 0 Å². The molecule has 2 rings (SSSR count). The molecule has 0 spiro atoms. The summed E-state index contributed by atoms with van der Waals surface area (Å²) in [7, 11) is 0. The lowest BCUT2D eigenvalue weighted by Gasteiger charge is -2.11. The maximum Gasteiger partial charge on any atom is 0.110 e. The fourth-order valence-electron chi connectivity index (χ4n) is 2.31. The molecule has 1 N–H and O–H groups in total. The first-order valence-electron chi connectivity index (χ1n) is 6.39. The smallest absolute Gasteiger partial charge is 0.110 e. The third-order valence-electron chi connectivity index (χ3n) is 3.12. The number of nitrogens with one attached hydrogen (secondary N) is 1. The lowest BCUT2D eigenvalue weighted by atomic mass is 9.98. The molecule has 0 saturated carbocycles. The molecule has 1 heterocycles. The molecule has 1 aromatic heterocycles. The van der Waals surface area contributed by atoms with E-state index >= 15 is 0 Å². The molecule has 17 heavy (non-hydrogen) atoms. The average Bonchev–Trinajstić information content (AvgIpc) is 2.71. The Bertz CT molecular complexity index is 484. The van der Waals surface area contributed by atoms with Gasteiger partial charge in [-0.15, -0.1) is 0 Å². The van der Waals surface area contributed by atoms with Gasteiger partial charge in [0, 0.05) is 10.4 Å². The number of hydrogen-bond donors (Lipinski definition) is 1. The maximum atomic E-state index is 4.72. The van der Waals surface area contributed by atoms with Crippen molar-refractivity contribution in [2.24, 2.45) is 0 Å². The summed E-state index contributed by atoms with van der Waals surface area (Å²) in [5.41, 5.74) is 2.20. The van der Waals surface area contributed by atoms with Crippen LogP contribution in [0.1, 0.15) is 51.3 Å². The normalized spacial score (nSPS) is 11.5. The Kier molecular flexibility index (Phi) is 4.21. The molecule has 0 fully saturated rings. The van der Waals surface area contributed by atoms with Crippen molar-refractivity contribution in [3.8, 4) is 0 Å². The Hall–Kier alpha value is -0.830. The summed E-state index contributed by atoms with van der Waals surface area (Å²) >= 11 is 3.49. The molecule has 0 radical (unpaired) electrons. The fourth-order valence-corrected chi connectivity index (χ4v) is 2.67. The molecule has 1 aromatic carbocycles. The number of imidazole rings is 1. The quantitative estimate of drug-likeness (QED) is 0.825. The van der Waals surface area contributed by atoms with Gasteiger partial charge in [-0.1, -0.05) is 42.6 Å². The Morgan fingerprint density at radius 1 is 1.24 bits per heavy atom. The van der Waals surface area contributed by atoms with Gasteiger partial charge in [0.2, 0.25) is 0 Å². The first-order valence-corrected chi connectivity index (χ1v) is 7.19. The third-order valence-corrected chi connectivity index (χ3v) is 3.62. The summed E-state index contributed by atoms with van der Waals surface area (Å²) in [6, 6.07) is 6.21. The van der Waals surface area contributed by atoms with Crippen molar-refractivity contribution in [1.29, 1.82) is 0 Å². The fraction of sp³-hybridized carbons (Fsp3) is 0.500. The number of H-pyrrole nitrogens is 1. The molecule has 2 nitrogen and oxygen atoms in total. The minimum Gasteiger partial charge on any atom is -0.342 e. The zero-order valence-corrected chi connectivity index (χ0v) is 12.0. The summed E-state index contributed by atoms with van der Waals surface area (Å²) in [4.78, 5) is 8.18. The van der Waals surface area contributed by atoms with Gasteiger partial charge in [0.1, 0.15) is 5.82 Å². The van der Waals surface area contributed by atoms with E-state index in [2.05, 4.69) is 46.9 Å². The number of halogens is 1. The monoisotopic (exact) mass is 294 g/mol. The average molecular weight is 295 g/mol. The lowest BCUT2D eigenvalue weighted by Crippen LogP contribution is -2.00. The van der Waals surface area contributed by atoms with E-state index < -0.39 is 0 Å². The molecule has 0 amide bonds. The van der Waals surface area contributed by atoms with Gasteiger partial charge >= 0.3 is 0 Å². The molecular weight excluding hydrogens is 276 g/mol. The molecule has 0 atom stereocenters. The van der Waals surface area contributed by atoms with Gasteiger partial charge < -0.3 is 4.98 Å². The second-order valence-electron chi connectivity index (χ2n) is 4.56. The summed E-state index contributed by atoms with van der Waals surface area (Å²) in [5.74, 6) is 1.73. The van der Waals surface area contributed by atoms with E-state index in [-0.39, 0.29) is 0 Å². The Morgan fingerprint density at radius 2 is 1.94 bits per heavy atom. The Balaban J connectivity index is 2.33. The second-order valence-corrected chi connectivity index (χ2v) is 5.47. The van der Waals surface area contributed by atoms with Gasteiger partial charge in [-0.25, -0.2) is 4.98 Å². The van der Waals surface area contributed by atoms with E-state index in [9.17, 15) is 0 Å². The van der Waals surface area contributed by atoms with Crippen LogP contribution in [0, 0.1) is 0 Å². The number of aromatic amines is 1. The zero-order valence-electron chi connectivity index (χ0n) is 10.5. The highest BCUT2D eigenvalue weighted by Crippen LogP contribution is 2.27. The van der Waals surface area contributed by atoms with E-state index in [4.69, 9.17) is 4.98 Å². The van der Waals surface area contributed by atoms with Crippen LogP contribution in [0.15, 0.2) is 22.7 Å². The van der Waals surface area contributed by atoms with Gasteiger partial charge in [0.25, 0.3) is 0 Å². The summed E-state index contributed by atoms with van der Waals surface area (Å²) in [6.07, 6.45) is 4.86. The van der Waals surface area contributed by atoms with Crippen LogP contribution in [0.4, 0.5) is 0 Å². The third kappa shape index (κ3) is 2.89. The number of fused-ring (bicyclic) bond motifs is 1. The first kappa shape index (κ1) is 12.6. The standard InChI is InChI=1S/C14H19BrN2/c1-3-5-10(6-4-2)14-16-12-8-7-11(15)9-13(12)17-14/h7-10H,3-6H2,1-2H3,(H,16,17). The van der Waals surface area contributed by atoms with Crippen LogP contribution in [0.25, 0.3) is 11.0 Å². The molecule has 0 aliphatic carbocycles. The molecule has 0 bridgehead atoms. The predicted molar refractivity (Wildman–Crippen MR) is 76.4 cm³/mol. The van der Waals surface area contributed by atoms with Gasteiger partial charge in [-0.3, -0.25) is 0 Å². The van der Waals surface area contributed by atoms with Crippen LogP contribution in [-0.4, -0.2) is 9.97 Å². The molecule has 3 heteroatoms. The Labute approximate surface area is 111 Å². The number of nitrogens with zero attached hydrogens (tertiary/aromatic N) is 1. The van der Waals surface area contributed by atoms with Crippen LogP contribution in [-0.2, 0) is 0 Å². The molecule has 0 aliphatic heterocycles. The largest absolute Gasteiger partial charge is 0.342 e. The van der Waals surface area contributed by atoms with Crippen molar-refractivity contribution in [2.75, 3.05) is 0 Å². The minimum absolute atomic E-state index is 0.580. The number of rotatable bonds is 5. The molecule has 92 valence electrons. The minimum atomic E-state index is 0.580. The molecule has 0 aliphatic rings. The molecule has 0 saturated heterocycles. The molecule has 0 unspecified atom stereocenters. The van der Waals surface area contributed by atoms with Crippen molar-refractivity contribution in [3.63, 3.8) is 0 Å². The van der Waals surface area contributed by atoms with Gasteiger partial charge in [0.15, 0.2) is 0 Å². The lowest BCUT2D eigenvalue weighted by molar-refractivity contribution is 0.539. The van der Waals surface area contributed by atoms with E-state index in [1.807, 2.05) is 6.07 Å². The van der Waals surface area contributed by atoms with E-state index in [1.54, 1.807) is 0 Å². The summed E-state index contributed by atoms with van der Waals surface area (Å²) < 4.78 is 1.10. The second kappa shape index (κ2) is 5.67. The van der Waals surface area contributed by atoms with E-state index in [1.165, 1.54) is 25.7 Å². The van der Waals surface area contributed by atoms with E-state index in [0.717, 1.165) is 21.3 Å². The first-order chi connectivity index (χ1) is 8.24. The van der Waals surface area contributed by atoms with Crippen LogP contribution in [0.3, 0.4) is 0 Å². The molecule has 2 aromatic rings. The van der Waals surface area contributed by atoms with Crippen molar-refractivity contribution < 1.29 is 0 Å². The van der Waals surface area contributed by atoms with Gasteiger partial charge in [-0.05, 0) is 31.0 Å². The number of hydrogen-bond acceptors (Lipinski definition) is 1. The zero-order chi connectivity index (χ0) is 12.3. The highest BCUT2D eigenvalue weighted by molar-refractivity contribution is 9.10. The highest BCUT2D eigenvalue weighted by Gasteiger charge is 2.14. The Morgan fingerprint density at radius 3 is 2.59 bits per heavy atom. The highest BCUT2D eigenvalue weighted by atomic mass is 79.9. The number of aromatic nitrogens is 2. The topological polar surface area (TPSA) is 28.7 Å². The van der Waals surface area contributed by atoms with Crippen LogP contribution in [0.2, 0.25) is 0 Å². The van der Waals surface area contributed by atoms with Crippen molar-refractivity contribution in [3.05, 3.63) is 28.5 Å². The van der Waals surface area contributed by atoms with Crippen LogP contribution >= 0.6 is 15.9 Å². The number of benzene rings is 1. The van der Waals surface area contributed by atoms with Crippen molar-refractivity contribution in [2.45, 2.75) is 45.4 Å². The van der Waals surface area contributed by atoms with Crippen molar-refractivity contribution in [1.82, 2.24) is 9.97 Å². The summed E-state index contributed by atoms with van der Waals surface area (Å²) in [6.45, 7) is 4.48. The molecular formula is C14H19BrN2. The summed E-state index contributed by atoms with van der Waals surface area (Å²) in [5, 5.41) is 0. The SMILES string of the molecule is CCCC(CCC)c1nc2ccc(Br)cc2[nH]1. The van der Waals surface area contributed by atoms with E-state index in [0.29, 0.717) is 5.92 Å².